The van der Waals surface area contributed by atoms with Crippen LogP contribution in [0.25, 0.3) is 0 Å². The van der Waals surface area contributed by atoms with E-state index in [0.29, 0.717) is 5.75 Å². The molecular formula is C9H10O2S. The summed E-state index contributed by atoms with van der Waals surface area (Å²) in [6.45, 7) is 1.89. The molecule has 1 aromatic rings. The number of aryl methyl sites for hydroxylation is 1. The third-order valence-electron chi connectivity index (χ3n) is 1.45. The standard InChI is InChI=1S/C9H10O2S/c1-7-4-2-3-5-8(7)11-9(10)6-12/h2-5,12H,6H2,1H3. The van der Waals surface area contributed by atoms with Crippen LogP contribution in [-0.4, -0.2) is 11.7 Å². The Hall–Kier alpha value is -0.960. The monoisotopic (exact) mass is 182 g/mol. The maximum Gasteiger partial charge on any atom is 0.321 e. The fraction of sp³-hybridized carbons (Fsp3) is 0.222. The third kappa shape index (κ3) is 2.27. The number of benzene rings is 1. The van der Waals surface area contributed by atoms with E-state index in [1.54, 1.807) is 6.07 Å². The Labute approximate surface area is 77.0 Å². The van der Waals surface area contributed by atoms with Gasteiger partial charge < -0.3 is 4.74 Å². The van der Waals surface area contributed by atoms with Crippen molar-refractivity contribution in [3.05, 3.63) is 29.8 Å². The van der Waals surface area contributed by atoms with Gasteiger partial charge in [0.05, 0.1) is 5.75 Å². The molecule has 0 radical (unpaired) electrons. The lowest BCUT2D eigenvalue weighted by atomic mass is 10.2. The smallest absolute Gasteiger partial charge is 0.321 e. The molecule has 0 saturated heterocycles. The fourth-order valence-corrected chi connectivity index (χ4v) is 0.890. The molecule has 0 aliphatic rings. The van der Waals surface area contributed by atoms with E-state index in [2.05, 4.69) is 12.6 Å². The van der Waals surface area contributed by atoms with Crippen molar-refractivity contribution in [2.75, 3.05) is 5.75 Å². The summed E-state index contributed by atoms with van der Waals surface area (Å²) in [5.41, 5.74) is 0.952. The Morgan fingerprint density at radius 2 is 2.17 bits per heavy atom. The fourth-order valence-electron chi connectivity index (χ4n) is 0.826. The van der Waals surface area contributed by atoms with E-state index in [0.717, 1.165) is 5.56 Å². The van der Waals surface area contributed by atoms with E-state index in [-0.39, 0.29) is 11.7 Å². The van der Waals surface area contributed by atoms with Gasteiger partial charge in [-0.1, -0.05) is 18.2 Å². The van der Waals surface area contributed by atoms with E-state index in [1.807, 2.05) is 25.1 Å². The summed E-state index contributed by atoms with van der Waals surface area (Å²) in [5, 5.41) is 0. The van der Waals surface area contributed by atoms with Gasteiger partial charge >= 0.3 is 5.97 Å². The molecule has 1 aromatic carbocycles. The molecule has 1 rings (SSSR count). The molecule has 2 nitrogen and oxygen atoms in total. The lowest BCUT2D eigenvalue weighted by molar-refractivity contribution is -0.131. The molecule has 3 heteroatoms. The van der Waals surface area contributed by atoms with Crippen molar-refractivity contribution < 1.29 is 9.53 Å². The average molecular weight is 182 g/mol. The van der Waals surface area contributed by atoms with Gasteiger partial charge in [0.1, 0.15) is 5.75 Å². The summed E-state index contributed by atoms with van der Waals surface area (Å²) >= 11 is 3.81. The summed E-state index contributed by atoms with van der Waals surface area (Å²) < 4.78 is 4.98. The van der Waals surface area contributed by atoms with Crippen LogP contribution in [0, 0.1) is 6.92 Å². The van der Waals surface area contributed by atoms with Crippen LogP contribution in [0.2, 0.25) is 0 Å². The molecule has 0 aliphatic carbocycles. The van der Waals surface area contributed by atoms with Crippen molar-refractivity contribution in [2.45, 2.75) is 6.92 Å². The van der Waals surface area contributed by atoms with Gasteiger partial charge in [0.25, 0.3) is 0 Å². The third-order valence-corrected chi connectivity index (χ3v) is 1.70. The number of hydrogen-bond acceptors (Lipinski definition) is 3. The average Bonchev–Trinajstić information content (AvgIpc) is 2.09. The molecule has 0 spiro atoms. The van der Waals surface area contributed by atoms with Crippen LogP contribution >= 0.6 is 12.6 Å². The van der Waals surface area contributed by atoms with Crippen LogP contribution in [0.4, 0.5) is 0 Å². The molecular weight excluding hydrogens is 172 g/mol. The van der Waals surface area contributed by atoms with Crippen LogP contribution in [0.15, 0.2) is 24.3 Å². The van der Waals surface area contributed by atoms with Crippen molar-refractivity contribution in [3.8, 4) is 5.75 Å². The number of esters is 1. The first-order valence-corrected chi connectivity index (χ1v) is 4.24. The normalized spacial score (nSPS) is 9.50. The highest BCUT2D eigenvalue weighted by molar-refractivity contribution is 7.81. The summed E-state index contributed by atoms with van der Waals surface area (Å²) in [4.78, 5) is 10.8. The van der Waals surface area contributed by atoms with Crippen molar-refractivity contribution in [1.82, 2.24) is 0 Å². The van der Waals surface area contributed by atoms with Crippen LogP contribution in [0.3, 0.4) is 0 Å². The van der Waals surface area contributed by atoms with E-state index in [9.17, 15) is 4.79 Å². The van der Waals surface area contributed by atoms with Crippen LogP contribution in [-0.2, 0) is 4.79 Å². The zero-order valence-electron chi connectivity index (χ0n) is 6.78. The Kier molecular flexibility index (Phi) is 3.17. The second-order valence-corrected chi connectivity index (χ2v) is 2.71. The zero-order valence-corrected chi connectivity index (χ0v) is 7.67. The molecule has 0 aromatic heterocycles. The topological polar surface area (TPSA) is 26.3 Å². The predicted octanol–water partition coefficient (Wildman–Crippen LogP) is 1.83. The highest BCUT2D eigenvalue weighted by atomic mass is 32.1. The molecule has 64 valence electrons. The number of carbonyl (C=O) groups excluding carboxylic acids is 1. The number of ether oxygens (including phenoxy) is 1. The van der Waals surface area contributed by atoms with Crippen LogP contribution < -0.4 is 4.74 Å². The van der Waals surface area contributed by atoms with Gasteiger partial charge in [-0.2, -0.15) is 12.6 Å². The van der Waals surface area contributed by atoms with E-state index in [1.165, 1.54) is 0 Å². The number of hydrogen-bond donors (Lipinski definition) is 1. The van der Waals surface area contributed by atoms with Gasteiger partial charge in [-0.25, -0.2) is 0 Å². The van der Waals surface area contributed by atoms with Crippen molar-refractivity contribution in [2.24, 2.45) is 0 Å². The van der Waals surface area contributed by atoms with Crippen molar-refractivity contribution in [3.63, 3.8) is 0 Å². The van der Waals surface area contributed by atoms with E-state index in [4.69, 9.17) is 4.74 Å². The summed E-state index contributed by atoms with van der Waals surface area (Å²) in [7, 11) is 0. The largest absolute Gasteiger partial charge is 0.426 e. The van der Waals surface area contributed by atoms with Gasteiger partial charge in [0.2, 0.25) is 0 Å². The first kappa shape index (κ1) is 9.13. The van der Waals surface area contributed by atoms with Gasteiger partial charge in [-0.15, -0.1) is 0 Å². The number of thiol groups is 1. The second kappa shape index (κ2) is 4.16. The second-order valence-electron chi connectivity index (χ2n) is 2.40. The minimum Gasteiger partial charge on any atom is -0.426 e. The molecule has 0 saturated carbocycles. The first-order chi connectivity index (χ1) is 5.74. The SMILES string of the molecule is Cc1ccccc1OC(=O)CS. The summed E-state index contributed by atoms with van der Waals surface area (Å²) in [6, 6.07) is 7.37. The molecule has 0 aliphatic heterocycles. The summed E-state index contributed by atoms with van der Waals surface area (Å²) in [5.74, 6) is 0.387. The lowest BCUT2D eigenvalue weighted by Crippen LogP contribution is -2.09. The Balaban J connectivity index is 2.75. The molecule has 0 heterocycles. The molecule has 0 fully saturated rings. The van der Waals surface area contributed by atoms with Gasteiger partial charge in [0, 0.05) is 0 Å². The maximum absolute atomic E-state index is 10.8. The zero-order chi connectivity index (χ0) is 8.97. The maximum atomic E-state index is 10.8. The Morgan fingerprint density at radius 1 is 1.50 bits per heavy atom. The molecule has 0 N–H and O–H groups in total. The van der Waals surface area contributed by atoms with Gasteiger partial charge in [-0.05, 0) is 18.6 Å². The molecule has 0 amide bonds. The Morgan fingerprint density at radius 3 is 2.75 bits per heavy atom. The van der Waals surface area contributed by atoms with Crippen LogP contribution in [0.5, 0.6) is 5.75 Å². The minimum atomic E-state index is -0.326. The minimum absolute atomic E-state index is 0.105. The van der Waals surface area contributed by atoms with Crippen LogP contribution in [0.1, 0.15) is 5.56 Å². The lowest BCUT2D eigenvalue weighted by Gasteiger charge is -2.04. The molecule has 0 atom stereocenters. The quantitative estimate of drug-likeness (QED) is 0.429. The van der Waals surface area contributed by atoms with E-state index < -0.39 is 0 Å². The highest BCUT2D eigenvalue weighted by Crippen LogP contribution is 2.16. The molecule has 0 unspecified atom stereocenters. The highest BCUT2D eigenvalue weighted by Gasteiger charge is 2.02. The number of rotatable bonds is 2. The first-order valence-electron chi connectivity index (χ1n) is 3.61. The summed E-state index contributed by atoms with van der Waals surface area (Å²) in [6.07, 6.45) is 0. The number of carbonyl (C=O) groups is 1. The predicted molar refractivity (Wildman–Crippen MR) is 50.7 cm³/mol. The van der Waals surface area contributed by atoms with Crippen molar-refractivity contribution in [1.29, 1.82) is 0 Å². The Bertz CT molecular complexity index is 284. The molecule has 12 heavy (non-hydrogen) atoms. The van der Waals surface area contributed by atoms with E-state index >= 15 is 0 Å². The van der Waals surface area contributed by atoms with Crippen molar-refractivity contribution >= 4 is 18.6 Å². The van der Waals surface area contributed by atoms with Gasteiger partial charge in [-0.3, -0.25) is 4.79 Å². The molecule has 0 bridgehead atoms. The van der Waals surface area contributed by atoms with Gasteiger partial charge in [0.15, 0.2) is 0 Å². The number of para-hydroxylation sites is 1.